The highest BCUT2D eigenvalue weighted by atomic mass is 35.5. The lowest BCUT2D eigenvalue weighted by Gasteiger charge is -2.23. The summed E-state index contributed by atoms with van der Waals surface area (Å²) in [6.07, 6.45) is 0. The number of benzene rings is 1. The molecule has 0 bridgehead atoms. The zero-order valence-electron chi connectivity index (χ0n) is 14.8. The van der Waals surface area contributed by atoms with Crippen molar-refractivity contribution in [2.24, 2.45) is 5.92 Å². The average Bonchev–Trinajstić information content (AvgIpc) is 3.07. The molecule has 3 amide bonds. The first-order valence-electron chi connectivity index (χ1n) is 8.63. The minimum atomic E-state index is -0.490. The largest absolute Gasteiger partial charge is 0.354 e. The number of aromatic nitrogens is 1. The molecule has 27 heavy (non-hydrogen) atoms. The maximum Gasteiger partial charge on any atom is 0.267 e. The first kappa shape index (κ1) is 19.6. The third-order valence-electron chi connectivity index (χ3n) is 4.23. The van der Waals surface area contributed by atoms with Crippen LogP contribution >= 0.6 is 23.4 Å². The second kappa shape index (κ2) is 8.67. The van der Waals surface area contributed by atoms with E-state index in [1.165, 1.54) is 11.8 Å². The van der Waals surface area contributed by atoms with Crippen molar-refractivity contribution in [1.82, 2.24) is 20.9 Å². The Hall–Kier alpha value is -2.19. The third kappa shape index (κ3) is 5.17. The maximum absolute atomic E-state index is 12.3. The molecule has 0 spiro atoms. The van der Waals surface area contributed by atoms with E-state index in [0.717, 1.165) is 10.9 Å². The summed E-state index contributed by atoms with van der Waals surface area (Å²) in [5.41, 5.74) is 1.31. The first-order chi connectivity index (χ1) is 12.9. The molecule has 1 saturated heterocycles. The minimum absolute atomic E-state index is 0.0451. The molecule has 0 radical (unpaired) electrons. The number of carbonyl (C=O) groups is 3. The van der Waals surface area contributed by atoms with Gasteiger partial charge in [-0.15, -0.1) is 11.8 Å². The molecule has 1 unspecified atom stereocenters. The predicted molar refractivity (Wildman–Crippen MR) is 107 cm³/mol. The van der Waals surface area contributed by atoms with Crippen molar-refractivity contribution in [3.05, 3.63) is 35.0 Å². The van der Waals surface area contributed by atoms with E-state index in [9.17, 15) is 14.4 Å². The number of rotatable bonds is 6. The van der Waals surface area contributed by atoms with Gasteiger partial charge in [-0.2, -0.15) is 0 Å². The number of hydrogen-bond donors (Lipinski definition) is 4. The summed E-state index contributed by atoms with van der Waals surface area (Å²) < 4.78 is 0. The van der Waals surface area contributed by atoms with Crippen molar-refractivity contribution in [1.29, 1.82) is 0 Å². The Morgan fingerprint density at radius 2 is 2.07 bits per heavy atom. The predicted octanol–water partition coefficient (Wildman–Crippen LogP) is 1.53. The molecule has 1 aliphatic heterocycles. The van der Waals surface area contributed by atoms with Crippen LogP contribution in [0.15, 0.2) is 24.3 Å². The topological polar surface area (TPSA) is 103 Å². The lowest BCUT2D eigenvalue weighted by Crippen LogP contribution is -2.52. The fraction of sp³-hybridized carbons (Fsp3) is 0.389. The molecule has 0 aliphatic carbocycles. The van der Waals surface area contributed by atoms with Gasteiger partial charge in [0.1, 0.15) is 11.7 Å². The zero-order chi connectivity index (χ0) is 19.4. The van der Waals surface area contributed by atoms with Crippen molar-refractivity contribution in [3.63, 3.8) is 0 Å². The van der Waals surface area contributed by atoms with Crippen molar-refractivity contribution in [2.45, 2.75) is 13.0 Å². The fourth-order valence-corrected chi connectivity index (χ4v) is 3.78. The second-order valence-corrected chi connectivity index (χ2v) is 8.08. The van der Waals surface area contributed by atoms with E-state index >= 15 is 0 Å². The minimum Gasteiger partial charge on any atom is -0.354 e. The van der Waals surface area contributed by atoms with Crippen molar-refractivity contribution in [3.8, 4) is 0 Å². The van der Waals surface area contributed by atoms with E-state index in [4.69, 9.17) is 11.6 Å². The van der Waals surface area contributed by atoms with E-state index < -0.39 is 6.04 Å². The number of nitrogens with one attached hydrogen (secondary N) is 4. The summed E-state index contributed by atoms with van der Waals surface area (Å²) in [7, 11) is 0. The molecule has 144 valence electrons. The molecule has 7 nitrogen and oxygen atoms in total. The summed E-state index contributed by atoms with van der Waals surface area (Å²) in [6, 6.07) is 6.66. The smallest absolute Gasteiger partial charge is 0.267 e. The Bertz CT molecular complexity index is 869. The molecular formula is C18H21ClN4O3S. The van der Waals surface area contributed by atoms with E-state index in [1.54, 1.807) is 18.2 Å². The number of thioether (sulfide) groups is 1. The lowest BCUT2D eigenvalue weighted by molar-refractivity contribution is -0.127. The summed E-state index contributed by atoms with van der Waals surface area (Å²) >= 11 is 7.41. The SMILES string of the molecule is CC(CNC(=O)c1cc2cc(Cl)ccc2[nH]1)CNC(=O)[C@@H]1CSCC(=O)N1. The van der Waals surface area contributed by atoms with Gasteiger partial charge in [-0.3, -0.25) is 14.4 Å². The number of halogens is 1. The number of amides is 3. The van der Waals surface area contributed by atoms with Gasteiger partial charge in [-0.25, -0.2) is 0 Å². The second-order valence-electron chi connectivity index (χ2n) is 6.61. The van der Waals surface area contributed by atoms with Crippen LogP contribution in [0.4, 0.5) is 0 Å². The van der Waals surface area contributed by atoms with Gasteiger partial charge in [0.05, 0.1) is 5.75 Å². The van der Waals surface area contributed by atoms with Crippen LogP contribution in [0.5, 0.6) is 0 Å². The van der Waals surface area contributed by atoms with E-state index in [1.807, 2.05) is 13.0 Å². The Morgan fingerprint density at radius 1 is 1.30 bits per heavy atom. The van der Waals surface area contributed by atoms with Crippen LogP contribution in [0.3, 0.4) is 0 Å². The van der Waals surface area contributed by atoms with Gasteiger partial charge in [-0.1, -0.05) is 18.5 Å². The Labute approximate surface area is 166 Å². The number of H-pyrrole nitrogens is 1. The van der Waals surface area contributed by atoms with Crippen LogP contribution in [-0.2, 0) is 9.59 Å². The van der Waals surface area contributed by atoms with E-state index in [2.05, 4.69) is 20.9 Å². The van der Waals surface area contributed by atoms with Gasteiger partial charge in [-0.05, 0) is 30.2 Å². The van der Waals surface area contributed by atoms with Crippen molar-refractivity contribution < 1.29 is 14.4 Å². The van der Waals surface area contributed by atoms with Gasteiger partial charge in [0, 0.05) is 34.8 Å². The lowest BCUT2D eigenvalue weighted by atomic mass is 10.1. The number of aromatic amines is 1. The average molecular weight is 409 g/mol. The van der Waals surface area contributed by atoms with Crippen LogP contribution < -0.4 is 16.0 Å². The summed E-state index contributed by atoms with van der Waals surface area (Å²) in [6.45, 7) is 2.76. The Balaban J connectivity index is 1.45. The Morgan fingerprint density at radius 3 is 2.85 bits per heavy atom. The molecule has 1 aromatic carbocycles. The molecule has 2 atom stereocenters. The molecule has 1 aromatic heterocycles. The molecule has 3 rings (SSSR count). The fourth-order valence-electron chi connectivity index (χ4n) is 2.75. The van der Waals surface area contributed by atoms with Gasteiger partial charge in [0.2, 0.25) is 11.8 Å². The summed E-state index contributed by atoms with van der Waals surface area (Å²) in [5.74, 6) is 0.492. The molecule has 1 fully saturated rings. The van der Waals surface area contributed by atoms with Gasteiger partial charge < -0.3 is 20.9 Å². The van der Waals surface area contributed by atoms with E-state index in [-0.39, 0.29) is 23.6 Å². The summed E-state index contributed by atoms with van der Waals surface area (Å²) in [4.78, 5) is 38.8. The monoisotopic (exact) mass is 408 g/mol. The number of fused-ring (bicyclic) bond motifs is 1. The molecule has 0 saturated carbocycles. The van der Waals surface area contributed by atoms with Gasteiger partial charge in [0.15, 0.2) is 0 Å². The van der Waals surface area contributed by atoms with Gasteiger partial charge >= 0.3 is 0 Å². The quantitative estimate of drug-likeness (QED) is 0.582. The molecule has 2 aromatic rings. The zero-order valence-corrected chi connectivity index (χ0v) is 16.4. The van der Waals surface area contributed by atoms with Gasteiger partial charge in [0.25, 0.3) is 5.91 Å². The number of hydrogen-bond acceptors (Lipinski definition) is 4. The highest BCUT2D eigenvalue weighted by molar-refractivity contribution is 8.00. The van der Waals surface area contributed by atoms with E-state index in [0.29, 0.717) is 35.3 Å². The highest BCUT2D eigenvalue weighted by Crippen LogP contribution is 2.20. The molecule has 9 heteroatoms. The van der Waals surface area contributed by atoms with Crippen LogP contribution in [-0.4, -0.2) is 53.3 Å². The highest BCUT2D eigenvalue weighted by Gasteiger charge is 2.25. The maximum atomic E-state index is 12.3. The normalized spacial score (nSPS) is 18.0. The van der Waals surface area contributed by atoms with Crippen LogP contribution in [0, 0.1) is 5.92 Å². The third-order valence-corrected chi connectivity index (χ3v) is 5.50. The Kier molecular flexibility index (Phi) is 6.28. The van der Waals surface area contributed by atoms with Crippen LogP contribution in [0.25, 0.3) is 10.9 Å². The van der Waals surface area contributed by atoms with Crippen molar-refractivity contribution >= 4 is 52.0 Å². The standard InChI is InChI=1S/C18H21ClN4O3S/c1-10(7-21-18(26)15-8-27-9-16(24)23-15)6-20-17(25)14-5-11-4-12(19)2-3-13(11)22-14/h2-5,10,15,22H,6-9H2,1H3,(H,20,25)(H,21,26)(H,23,24)/t10?,15-/m0/s1. The number of carbonyl (C=O) groups excluding carboxylic acids is 3. The summed E-state index contributed by atoms with van der Waals surface area (Å²) in [5, 5.41) is 9.84. The molecule has 4 N–H and O–H groups in total. The van der Waals surface area contributed by atoms with Crippen LogP contribution in [0.1, 0.15) is 17.4 Å². The first-order valence-corrected chi connectivity index (χ1v) is 10.2. The van der Waals surface area contributed by atoms with Crippen molar-refractivity contribution in [2.75, 3.05) is 24.6 Å². The molecule has 1 aliphatic rings. The molecule has 2 heterocycles. The van der Waals surface area contributed by atoms with Crippen LogP contribution in [0.2, 0.25) is 5.02 Å². The molecular weight excluding hydrogens is 388 g/mol.